The summed E-state index contributed by atoms with van der Waals surface area (Å²) in [4.78, 5) is 14.8. The molecule has 0 aromatic heterocycles. The lowest BCUT2D eigenvalue weighted by Gasteiger charge is -2.27. The molecule has 1 saturated heterocycles. The Morgan fingerprint density at radius 1 is 1.29 bits per heavy atom. The van der Waals surface area contributed by atoms with Crippen molar-refractivity contribution >= 4 is 17.7 Å². The molecule has 0 saturated carbocycles. The Morgan fingerprint density at radius 2 is 1.94 bits per heavy atom. The zero-order valence-electron chi connectivity index (χ0n) is 9.56. The summed E-state index contributed by atoms with van der Waals surface area (Å²) in [5, 5.41) is 12.4. The van der Waals surface area contributed by atoms with Crippen LogP contribution >= 0.6 is 11.8 Å². The Kier molecular flexibility index (Phi) is 4.28. The quantitative estimate of drug-likeness (QED) is 0.785. The molecule has 0 bridgehead atoms. The summed E-state index contributed by atoms with van der Waals surface area (Å²) >= 11 is 1.51. The van der Waals surface area contributed by atoms with Gasteiger partial charge in [-0.3, -0.25) is 4.79 Å². The second-order valence-electron chi connectivity index (χ2n) is 3.91. The molecule has 92 valence electrons. The van der Waals surface area contributed by atoms with Gasteiger partial charge in [-0.2, -0.15) is 0 Å². The summed E-state index contributed by atoms with van der Waals surface area (Å²) in [5.41, 5.74) is 0. The van der Waals surface area contributed by atoms with Crippen LogP contribution in [0.15, 0.2) is 29.2 Å². The van der Waals surface area contributed by atoms with E-state index in [0.29, 0.717) is 5.75 Å². The first-order valence-electron chi connectivity index (χ1n) is 5.66. The van der Waals surface area contributed by atoms with E-state index >= 15 is 0 Å². The number of nitrogens with zero attached hydrogens (tertiary/aromatic N) is 1. The highest BCUT2D eigenvalue weighted by molar-refractivity contribution is 8.00. The summed E-state index contributed by atoms with van der Waals surface area (Å²) in [6.45, 7) is 3.37. The minimum absolute atomic E-state index is 0.185. The number of piperazine rings is 1. The van der Waals surface area contributed by atoms with Gasteiger partial charge < -0.3 is 15.3 Å². The number of hydrogen-bond acceptors (Lipinski definition) is 4. The maximum absolute atomic E-state index is 11.9. The molecular weight excluding hydrogens is 236 g/mol. The van der Waals surface area contributed by atoms with Crippen molar-refractivity contribution < 1.29 is 9.90 Å². The highest BCUT2D eigenvalue weighted by Gasteiger charge is 2.15. The molecule has 0 aliphatic carbocycles. The van der Waals surface area contributed by atoms with Gasteiger partial charge in [0.2, 0.25) is 5.91 Å². The second-order valence-corrected chi connectivity index (χ2v) is 4.96. The number of benzene rings is 1. The van der Waals surface area contributed by atoms with Gasteiger partial charge in [-0.15, -0.1) is 11.8 Å². The number of phenolic OH excluding ortho intramolecular Hbond substituents is 1. The van der Waals surface area contributed by atoms with Crippen LogP contribution in [0.3, 0.4) is 0 Å². The van der Waals surface area contributed by atoms with Crippen LogP contribution < -0.4 is 5.32 Å². The summed E-state index contributed by atoms with van der Waals surface area (Å²) in [5.74, 6) is 0.900. The monoisotopic (exact) mass is 252 g/mol. The van der Waals surface area contributed by atoms with E-state index in [4.69, 9.17) is 5.11 Å². The zero-order chi connectivity index (χ0) is 12.1. The van der Waals surface area contributed by atoms with Gasteiger partial charge in [-0.1, -0.05) is 0 Å². The van der Waals surface area contributed by atoms with Crippen molar-refractivity contribution in [1.82, 2.24) is 10.2 Å². The van der Waals surface area contributed by atoms with E-state index in [9.17, 15) is 4.79 Å². The van der Waals surface area contributed by atoms with E-state index in [2.05, 4.69) is 5.32 Å². The molecule has 0 spiro atoms. The number of carbonyl (C=O) groups is 1. The highest BCUT2D eigenvalue weighted by Crippen LogP contribution is 2.20. The Morgan fingerprint density at radius 3 is 2.59 bits per heavy atom. The Balaban J connectivity index is 1.81. The first-order valence-corrected chi connectivity index (χ1v) is 6.64. The van der Waals surface area contributed by atoms with Crippen molar-refractivity contribution in [3.63, 3.8) is 0 Å². The molecule has 1 aromatic rings. The van der Waals surface area contributed by atoms with Gasteiger partial charge in [0.15, 0.2) is 0 Å². The number of thioether (sulfide) groups is 1. The van der Waals surface area contributed by atoms with Gasteiger partial charge >= 0.3 is 0 Å². The number of phenols is 1. The van der Waals surface area contributed by atoms with Crippen molar-refractivity contribution in [2.24, 2.45) is 0 Å². The number of aromatic hydroxyl groups is 1. The molecule has 0 atom stereocenters. The van der Waals surface area contributed by atoms with Crippen LogP contribution in [0.5, 0.6) is 5.75 Å². The average Bonchev–Trinajstić information content (AvgIpc) is 2.39. The third-order valence-electron chi connectivity index (χ3n) is 2.67. The van der Waals surface area contributed by atoms with E-state index in [0.717, 1.165) is 31.1 Å². The minimum atomic E-state index is 0.185. The highest BCUT2D eigenvalue weighted by atomic mass is 32.2. The maximum Gasteiger partial charge on any atom is 0.233 e. The third kappa shape index (κ3) is 3.64. The number of carbonyl (C=O) groups excluding carboxylic acids is 1. The number of nitrogens with one attached hydrogen (secondary N) is 1. The van der Waals surface area contributed by atoms with Crippen LogP contribution in [0.1, 0.15) is 0 Å². The topological polar surface area (TPSA) is 52.6 Å². The van der Waals surface area contributed by atoms with Crippen molar-refractivity contribution in [1.29, 1.82) is 0 Å². The number of amides is 1. The SMILES string of the molecule is O=C(CSc1ccc(O)cc1)N1CCNCC1. The second kappa shape index (κ2) is 5.93. The van der Waals surface area contributed by atoms with Gasteiger partial charge in [-0.25, -0.2) is 0 Å². The molecular formula is C12H16N2O2S. The van der Waals surface area contributed by atoms with E-state index in [-0.39, 0.29) is 11.7 Å². The van der Waals surface area contributed by atoms with Crippen LogP contribution in [0, 0.1) is 0 Å². The molecule has 0 unspecified atom stereocenters. The predicted molar refractivity (Wildman–Crippen MR) is 68.3 cm³/mol. The smallest absolute Gasteiger partial charge is 0.233 e. The Labute approximate surface area is 105 Å². The van der Waals surface area contributed by atoms with E-state index in [1.165, 1.54) is 11.8 Å². The maximum atomic E-state index is 11.9. The molecule has 1 heterocycles. The standard InChI is InChI=1S/C12H16N2O2S/c15-10-1-3-11(4-2-10)17-9-12(16)14-7-5-13-6-8-14/h1-4,13,15H,5-9H2. The van der Waals surface area contributed by atoms with Crippen molar-refractivity contribution in [2.75, 3.05) is 31.9 Å². The van der Waals surface area contributed by atoms with Crippen molar-refractivity contribution in [3.8, 4) is 5.75 Å². The van der Waals surface area contributed by atoms with Gasteiger partial charge in [0.25, 0.3) is 0 Å². The largest absolute Gasteiger partial charge is 0.508 e. The summed E-state index contributed by atoms with van der Waals surface area (Å²) in [6.07, 6.45) is 0. The van der Waals surface area contributed by atoms with Gasteiger partial charge in [0.05, 0.1) is 5.75 Å². The van der Waals surface area contributed by atoms with Crippen LogP contribution in [-0.4, -0.2) is 47.8 Å². The fraction of sp³-hybridized carbons (Fsp3) is 0.417. The van der Waals surface area contributed by atoms with Crippen LogP contribution in [0.4, 0.5) is 0 Å². The first-order chi connectivity index (χ1) is 8.25. The minimum Gasteiger partial charge on any atom is -0.508 e. The van der Waals surface area contributed by atoms with Crippen LogP contribution in [0.2, 0.25) is 0 Å². The molecule has 1 aromatic carbocycles. The van der Waals surface area contributed by atoms with E-state index in [1.807, 2.05) is 17.0 Å². The molecule has 1 amide bonds. The summed E-state index contributed by atoms with van der Waals surface area (Å²) in [7, 11) is 0. The molecule has 5 heteroatoms. The number of rotatable bonds is 3. The Bertz CT molecular complexity index is 375. The fourth-order valence-electron chi connectivity index (χ4n) is 1.69. The lowest BCUT2D eigenvalue weighted by molar-refractivity contribution is -0.128. The van der Waals surface area contributed by atoms with Gasteiger partial charge in [0, 0.05) is 31.1 Å². The van der Waals surface area contributed by atoms with Crippen LogP contribution in [0.25, 0.3) is 0 Å². The van der Waals surface area contributed by atoms with E-state index in [1.54, 1.807) is 12.1 Å². The summed E-state index contributed by atoms with van der Waals surface area (Å²) in [6, 6.07) is 6.92. The van der Waals surface area contributed by atoms with Crippen LogP contribution in [-0.2, 0) is 4.79 Å². The molecule has 1 aliphatic rings. The molecule has 2 rings (SSSR count). The third-order valence-corrected chi connectivity index (χ3v) is 3.67. The molecule has 2 N–H and O–H groups in total. The van der Waals surface area contributed by atoms with Crippen molar-refractivity contribution in [2.45, 2.75) is 4.90 Å². The molecule has 0 radical (unpaired) electrons. The number of hydrogen-bond donors (Lipinski definition) is 2. The molecule has 1 aliphatic heterocycles. The normalized spacial score (nSPS) is 15.9. The summed E-state index contributed by atoms with van der Waals surface area (Å²) < 4.78 is 0. The molecule has 1 fully saturated rings. The Hall–Kier alpha value is -1.20. The van der Waals surface area contributed by atoms with Crippen molar-refractivity contribution in [3.05, 3.63) is 24.3 Å². The van der Waals surface area contributed by atoms with Gasteiger partial charge in [-0.05, 0) is 24.3 Å². The molecule has 17 heavy (non-hydrogen) atoms. The lowest BCUT2D eigenvalue weighted by atomic mass is 10.3. The van der Waals surface area contributed by atoms with E-state index < -0.39 is 0 Å². The van der Waals surface area contributed by atoms with Gasteiger partial charge in [0.1, 0.15) is 5.75 Å². The first kappa shape index (κ1) is 12.3. The average molecular weight is 252 g/mol. The molecule has 4 nitrogen and oxygen atoms in total. The lowest BCUT2D eigenvalue weighted by Crippen LogP contribution is -2.47. The fourth-order valence-corrected chi connectivity index (χ4v) is 2.49. The predicted octanol–water partition coefficient (Wildman–Crippen LogP) is 0.916. The zero-order valence-corrected chi connectivity index (χ0v) is 10.4.